The lowest BCUT2D eigenvalue weighted by atomic mass is 10.1. The van der Waals surface area contributed by atoms with E-state index in [2.05, 4.69) is 39.3 Å². The van der Waals surface area contributed by atoms with Crippen molar-refractivity contribution >= 4 is 5.96 Å². The molecule has 0 spiro atoms. The van der Waals surface area contributed by atoms with Crippen LogP contribution in [0, 0.1) is 0 Å². The normalized spacial score (nSPS) is 15.2. The molecule has 1 aliphatic heterocycles. The van der Waals surface area contributed by atoms with Crippen LogP contribution >= 0.6 is 0 Å². The zero-order valence-electron chi connectivity index (χ0n) is 19.0. The number of nitrogens with one attached hydrogen (secondary N) is 1. The summed E-state index contributed by atoms with van der Waals surface area (Å²) in [6.45, 7) is 11.1. The summed E-state index contributed by atoms with van der Waals surface area (Å²) >= 11 is 0. The van der Waals surface area contributed by atoms with Gasteiger partial charge in [-0.3, -0.25) is 9.89 Å². The van der Waals surface area contributed by atoms with Crippen LogP contribution < -0.4 is 14.8 Å². The minimum Gasteiger partial charge on any atom is -0.493 e. The monoisotopic (exact) mass is 429 g/mol. The van der Waals surface area contributed by atoms with Gasteiger partial charge in [-0.1, -0.05) is 11.2 Å². The van der Waals surface area contributed by atoms with E-state index >= 15 is 0 Å². The number of rotatable bonds is 10. The Morgan fingerprint density at radius 2 is 2.00 bits per heavy atom. The van der Waals surface area contributed by atoms with Gasteiger partial charge in [-0.2, -0.15) is 0 Å². The molecule has 1 fully saturated rings. The van der Waals surface area contributed by atoms with E-state index in [0.29, 0.717) is 6.61 Å². The van der Waals surface area contributed by atoms with Crippen molar-refractivity contribution < 1.29 is 14.0 Å². The molecule has 170 valence electrons. The minimum atomic E-state index is 0.627. The fourth-order valence-electron chi connectivity index (χ4n) is 3.70. The van der Waals surface area contributed by atoms with E-state index in [9.17, 15) is 0 Å². The van der Waals surface area contributed by atoms with Gasteiger partial charge in [0.15, 0.2) is 17.5 Å². The van der Waals surface area contributed by atoms with Crippen molar-refractivity contribution in [3.63, 3.8) is 0 Å². The van der Waals surface area contributed by atoms with Gasteiger partial charge in [0, 0.05) is 51.9 Å². The number of aromatic nitrogens is 1. The zero-order chi connectivity index (χ0) is 21.9. The van der Waals surface area contributed by atoms with Gasteiger partial charge in [-0.05, 0) is 44.4 Å². The zero-order valence-corrected chi connectivity index (χ0v) is 19.0. The van der Waals surface area contributed by atoms with Gasteiger partial charge < -0.3 is 24.2 Å². The third kappa shape index (κ3) is 6.89. The van der Waals surface area contributed by atoms with Crippen LogP contribution in [0.25, 0.3) is 0 Å². The van der Waals surface area contributed by atoms with E-state index in [-0.39, 0.29) is 0 Å². The van der Waals surface area contributed by atoms with Crippen molar-refractivity contribution in [2.75, 3.05) is 53.0 Å². The third-order valence-corrected chi connectivity index (χ3v) is 5.30. The van der Waals surface area contributed by atoms with Crippen LogP contribution in [0.4, 0.5) is 0 Å². The molecular formula is C23H35N5O3. The predicted octanol–water partition coefficient (Wildman–Crippen LogP) is 2.80. The Kier molecular flexibility index (Phi) is 9.02. The molecule has 2 heterocycles. The van der Waals surface area contributed by atoms with Crippen molar-refractivity contribution in [1.29, 1.82) is 0 Å². The molecule has 0 aliphatic carbocycles. The lowest BCUT2D eigenvalue weighted by Gasteiger charge is -2.36. The van der Waals surface area contributed by atoms with Gasteiger partial charge in [-0.15, -0.1) is 0 Å². The van der Waals surface area contributed by atoms with Crippen molar-refractivity contribution in [3.8, 4) is 11.5 Å². The SMILES string of the molecule is CCNC(=NCCCc1ccc(OC)c(OCC)c1)N1CCN(Cc2ccon2)CC1. The first kappa shape index (κ1) is 22.9. The number of piperazine rings is 1. The topological polar surface area (TPSA) is 75.4 Å². The van der Waals surface area contributed by atoms with Gasteiger partial charge in [-0.25, -0.2) is 0 Å². The Bertz CT molecular complexity index is 802. The molecule has 1 N–H and O–H groups in total. The number of benzene rings is 1. The van der Waals surface area contributed by atoms with E-state index in [1.165, 1.54) is 5.56 Å². The quantitative estimate of drug-likeness (QED) is 0.354. The average Bonchev–Trinajstić information content (AvgIpc) is 3.30. The lowest BCUT2D eigenvalue weighted by molar-refractivity contribution is 0.169. The van der Waals surface area contributed by atoms with Crippen LogP contribution in [0.3, 0.4) is 0 Å². The van der Waals surface area contributed by atoms with Crippen molar-refractivity contribution in [3.05, 3.63) is 41.8 Å². The van der Waals surface area contributed by atoms with Gasteiger partial charge >= 0.3 is 0 Å². The van der Waals surface area contributed by atoms with Gasteiger partial charge in [0.1, 0.15) is 6.26 Å². The van der Waals surface area contributed by atoms with Crippen LogP contribution in [0.1, 0.15) is 31.5 Å². The fourth-order valence-corrected chi connectivity index (χ4v) is 3.70. The first-order valence-electron chi connectivity index (χ1n) is 11.2. The smallest absolute Gasteiger partial charge is 0.194 e. The summed E-state index contributed by atoms with van der Waals surface area (Å²) in [5.74, 6) is 2.59. The predicted molar refractivity (Wildman–Crippen MR) is 122 cm³/mol. The molecule has 0 radical (unpaired) electrons. The molecule has 8 heteroatoms. The van der Waals surface area contributed by atoms with Crippen molar-refractivity contribution in [2.45, 2.75) is 33.2 Å². The van der Waals surface area contributed by atoms with Crippen molar-refractivity contribution in [2.24, 2.45) is 4.99 Å². The molecule has 1 aliphatic rings. The van der Waals surface area contributed by atoms with Gasteiger partial charge in [0.2, 0.25) is 0 Å². The fraction of sp³-hybridized carbons (Fsp3) is 0.565. The van der Waals surface area contributed by atoms with Gasteiger partial charge in [0.05, 0.1) is 19.4 Å². The number of hydrogen-bond acceptors (Lipinski definition) is 6. The molecular weight excluding hydrogens is 394 g/mol. The summed E-state index contributed by atoms with van der Waals surface area (Å²) in [6.07, 6.45) is 3.57. The van der Waals surface area contributed by atoms with E-state index < -0.39 is 0 Å². The summed E-state index contributed by atoms with van der Waals surface area (Å²) in [5.41, 5.74) is 2.23. The third-order valence-electron chi connectivity index (χ3n) is 5.30. The maximum absolute atomic E-state index is 5.68. The standard InChI is InChI=1S/C23H35N5O3/c1-4-24-23(28-14-12-27(13-15-28)18-20-10-16-31-26-20)25-11-6-7-19-8-9-21(29-3)22(17-19)30-5-2/h8-10,16-17H,4-7,11-15,18H2,1-3H3,(H,24,25). The number of guanidine groups is 1. The number of ether oxygens (including phenoxy) is 2. The molecule has 0 unspecified atom stereocenters. The first-order chi connectivity index (χ1) is 15.2. The van der Waals surface area contributed by atoms with E-state index in [4.69, 9.17) is 19.0 Å². The molecule has 8 nitrogen and oxygen atoms in total. The molecule has 0 atom stereocenters. The van der Waals surface area contributed by atoms with Crippen LogP contribution in [0.15, 0.2) is 40.0 Å². The Morgan fingerprint density at radius 1 is 1.16 bits per heavy atom. The summed E-state index contributed by atoms with van der Waals surface area (Å²) in [6, 6.07) is 8.08. The molecule has 1 saturated heterocycles. The Morgan fingerprint density at radius 3 is 2.68 bits per heavy atom. The summed E-state index contributed by atoms with van der Waals surface area (Å²) in [7, 11) is 1.67. The molecule has 2 aromatic rings. The molecule has 0 saturated carbocycles. The molecule has 0 amide bonds. The Balaban J connectivity index is 1.48. The van der Waals surface area contributed by atoms with Crippen molar-refractivity contribution in [1.82, 2.24) is 20.3 Å². The summed E-state index contributed by atoms with van der Waals surface area (Å²) in [4.78, 5) is 9.63. The second-order valence-electron chi connectivity index (χ2n) is 7.51. The first-order valence-corrected chi connectivity index (χ1v) is 11.2. The van der Waals surface area contributed by atoms with E-state index in [1.807, 2.05) is 19.1 Å². The van der Waals surface area contributed by atoms with Gasteiger partial charge in [0.25, 0.3) is 0 Å². The molecule has 1 aromatic heterocycles. The lowest BCUT2D eigenvalue weighted by Crippen LogP contribution is -2.52. The second kappa shape index (κ2) is 12.2. The molecule has 1 aromatic carbocycles. The summed E-state index contributed by atoms with van der Waals surface area (Å²) < 4.78 is 16.0. The van der Waals surface area contributed by atoms with Crippen LogP contribution in [0.5, 0.6) is 11.5 Å². The summed E-state index contributed by atoms with van der Waals surface area (Å²) in [5, 5.41) is 7.46. The Labute approximate surface area is 185 Å². The number of aryl methyl sites for hydroxylation is 1. The highest BCUT2D eigenvalue weighted by Crippen LogP contribution is 2.28. The van der Waals surface area contributed by atoms with E-state index in [0.717, 1.165) is 81.8 Å². The van der Waals surface area contributed by atoms with Crippen LogP contribution in [0.2, 0.25) is 0 Å². The number of methoxy groups -OCH3 is 1. The largest absolute Gasteiger partial charge is 0.493 e. The minimum absolute atomic E-state index is 0.627. The van der Waals surface area contributed by atoms with E-state index in [1.54, 1.807) is 13.4 Å². The number of nitrogens with zero attached hydrogens (tertiary/aromatic N) is 4. The van der Waals surface area contributed by atoms with Crippen LogP contribution in [-0.4, -0.2) is 73.9 Å². The molecule has 0 bridgehead atoms. The highest BCUT2D eigenvalue weighted by molar-refractivity contribution is 5.80. The molecule has 3 rings (SSSR count). The number of aliphatic imine (C=N–C) groups is 1. The number of hydrogen-bond donors (Lipinski definition) is 1. The maximum atomic E-state index is 5.68. The molecule has 31 heavy (non-hydrogen) atoms. The highest BCUT2D eigenvalue weighted by Gasteiger charge is 2.20. The second-order valence-corrected chi connectivity index (χ2v) is 7.51. The maximum Gasteiger partial charge on any atom is 0.194 e. The Hall–Kier alpha value is -2.74. The van der Waals surface area contributed by atoms with Crippen LogP contribution in [-0.2, 0) is 13.0 Å². The average molecular weight is 430 g/mol. The highest BCUT2D eigenvalue weighted by atomic mass is 16.5.